The molecule has 148 valence electrons. The van der Waals surface area contributed by atoms with E-state index in [1.165, 1.54) is 93.5 Å². The summed E-state index contributed by atoms with van der Waals surface area (Å²) in [5.74, 6) is 2.61. The monoisotopic (exact) mass is 397 g/mol. The van der Waals surface area contributed by atoms with E-state index in [2.05, 4.69) is 19.1 Å². The molecule has 1 heterocycles. The van der Waals surface area contributed by atoms with Gasteiger partial charge in [-0.3, -0.25) is 0 Å². The van der Waals surface area contributed by atoms with Crippen LogP contribution in [0, 0.1) is 0 Å². The van der Waals surface area contributed by atoms with Crippen LogP contribution in [0.3, 0.4) is 0 Å². The van der Waals surface area contributed by atoms with E-state index in [-0.39, 0.29) is 0 Å². The first kappa shape index (κ1) is 22.1. The fourth-order valence-corrected chi connectivity index (χ4v) is 5.87. The zero-order valence-electron chi connectivity index (χ0n) is 16.7. The Kier molecular flexibility index (Phi) is 11.8. The van der Waals surface area contributed by atoms with Gasteiger partial charge in [0.15, 0.2) is 4.90 Å². The molecule has 1 nitrogen and oxygen atoms in total. The van der Waals surface area contributed by atoms with Gasteiger partial charge in [0.1, 0.15) is 11.5 Å². The number of halogens is 1. The molecular weight excluding hydrogens is 360 g/mol. The molecule has 1 fully saturated rings. The summed E-state index contributed by atoms with van der Waals surface area (Å²) in [5.41, 5.74) is 0. The highest BCUT2D eigenvalue weighted by atomic mass is 35.5. The van der Waals surface area contributed by atoms with Gasteiger partial charge in [0.05, 0.1) is 6.10 Å². The van der Waals surface area contributed by atoms with Gasteiger partial charge in [0.2, 0.25) is 0 Å². The Labute approximate surface area is 169 Å². The lowest BCUT2D eigenvalue weighted by Crippen LogP contribution is -2.10. The van der Waals surface area contributed by atoms with Gasteiger partial charge in [-0.2, -0.15) is 0 Å². The van der Waals surface area contributed by atoms with Gasteiger partial charge in [-0.1, -0.05) is 56.5 Å². The molecule has 3 heteroatoms. The van der Waals surface area contributed by atoms with Crippen LogP contribution < -0.4 is 0 Å². The van der Waals surface area contributed by atoms with E-state index in [0.29, 0.717) is 17.0 Å². The van der Waals surface area contributed by atoms with E-state index in [4.69, 9.17) is 16.3 Å². The topological polar surface area (TPSA) is 9.23 Å². The maximum atomic E-state index is 6.00. The second-order valence-electron chi connectivity index (χ2n) is 7.55. The summed E-state index contributed by atoms with van der Waals surface area (Å²) in [6, 6.07) is 8.50. The molecule has 1 aliphatic rings. The average Bonchev–Trinajstić information content (AvgIpc) is 3.17. The Hall–Kier alpha value is -0.180. The molecule has 2 atom stereocenters. The Bertz CT molecular complexity index is 456. The van der Waals surface area contributed by atoms with Gasteiger partial charge in [0, 0.05) is 22.5 Å². The summed E-state index contributed by atoms with van der Waals surface area (Å²) in [4.78, 5) is 1.49. The highest BCUT2D eigenvalue weighted by molar-refractivity contribution is 7.96. The second kappa shape index (κ2) is 13.9. The lowest BCUT2D eigenvalue weighted by Gasteiger charge is -2.08. The second-order valence-corrected chi connectivity index (χ2v) is 10.4. The zero-order valence-corrected chi connectivity index (χ0v) is 18.3. The van der Waals surface area contributed by atoms with Crippen molar-refractivity contribution in [3.8, 4) is 0 Å². The Morgan fingerprint density at radius 2 is 1.54 bits per heavy atom. The van der Waals surface area contributed by atoms with Gasteiger partial charge in [-0.25, -0.2) is 0 Å². The first-order chi connectivity index (χ1) is 12.8. The molecule has 1 saturated heterocycles. The quantitative estimate of drug-likeness (QED) is 0.234. The third kappa shape index (κ3) is 9.15. The van der Waals surface area contributed by atoms with E-state index >= 15 is 0 Å². The molecule has 0 N–H and O–H groups in total. The van der Waals surface area contributed by atoms with Crippen LogP contribution in [0.25, 0.3) is 0 Å². The van der Waals surface area contributed by atoms with Gasteiger partial charge >= 0.3 is 0 Å². The first-order valence-corrected chi connectivity index (χ1v) is 12.8. The Morgan fingerprint density at radius 3 is 2.12 bits per heavy atom. The van der Waals surface area contributed by atoms with Gasteiger partial charge < -0.3 is 4.74 Å². The predicted molar refractivity (Wildman–Crippen MR) is 118 cm³/mol. The maximum absolute atomic E-state index is 6.00. The molecule has 2 rings (SSSR count). The van der Waals surface area contributed by atoms with Crippen LogP contribution in [0.4, 0.5) is 0 Å². The summed E-state index contributed by atoms with van der Waals surface area (Å²) in [7, 11) is 0.414. The molecule has 1 aromatic carbocycles. The molecule has 26 heavy (non-hydrogen) atoms. The summed E-state index contributed by atoms with van der Waals surface area (Å²) in [6.45, 7) is 3.32. The summed E-state index contributed by atoms with van der Waals surface area (Å²) >= 11 is 6.00. The van der Waals surface area contributed by atoms with E-state index in [1.54, 1.807) is 0 Å². The van der Waals surface area contributed by atoms with E-state index in [0.717, 1.165) is 11.6 Å². The molecule has 0 aliphatic carbocycles. The third-order valence-electron chi connectivity index (χ3n) is 5.44. The van der Waals surface area contributed by atoms with Crippen molar-refractivity contribution in [1.29, 1.82) is 0 Å². The minimum Gasteiger partial charge on any atom is -0.378 e. The molecule has 2 unspecified atom stereocenters. The van der Waals surface area contributed by atoms with Crippen molar-refractivity contribution in [2.45, 2.75) is 95.0 Å². The molecule has 0 amide bonds. The van der Waals surface area contributed by atoms with Gasteiger partial charge in [-0.15, -0.1) is 0 Å². The number of ether oxygens (including phenoxy) is 1. The van der Waals surface area contributed by atoms with Crippen LogP contribution in [0.15, 0.2) is 29.2 Å². The van der Waals surface area contributed by atoms with E-state index < -0.39 is 0 Å². The molecule has 0 bridgehead atoms. The number of hydrogen-bond donors (Lipinski definition) is 0. The highest BCUT2D eigenvalue weighted by Gasteiger charge is 2.18. The van der Waals surface area contributed by atoms with E-state index in [9.17, 15) is 0 Å². The lowest BCUT2D eigenvalue weighted by molar-refractivity contribution is 0.102. The van der Waals surface area contributed by atoms with Crippen molar-refractivity contribution in [3.63, 3.8) is 0 Å². The molecule has 1 aromatic rings. The molecular formula is C23H38ClOS+. The molecule has 0 spiro atoms. The first-order valence-electron chi connectivity index (χ1n) is 10.8. The number of rotatable bonds is 14. The van der Waals surface area contributed by atoms with Crippen molar-refractivity contribution in [2.75, 3.05) is 18.1 Å². The normalized spacial score (nSPS) is 18.3. The van der Waals surface area contributed by atoms with Crippen molar-refractivity contribution in [1.82, 2.24) is 0 Å². The number of unbranched alkanes of at least 4 members (excludes halogenated alkanes) is 8. The van der Waals surface area contributed by atoms with Crippen LogP contribution in [0.5, 0.6) is 0 Å². The largest absolute Gasteiger partial charge is 0.378 e. The molecule has 0 saturated carbocycles. The van der Waals surface area contributed by atoms with Crippen molar-refractivity contribution in [2.24, 2.45) is 0 Å². The third-order valence-corrected chi connectivity index (χ3v) is 8.11. The highest BCUT2D eigenvalue weighted by Crippen LogP contribution is 2.20. The van der Waals surface area contributed by atoms with Crippen molar-refractivity contribution in [3.05, 3.63) is 29.3 Å². The van der Waals surface area contributed by atoms with E-state index in [1.807, 2.05) is 12.1 Å². The lowest BCUT2D eigenvalue weighted by atomic mass is 10.0. The smallest absolute Gasteiger partial charge is 0.154 e. The number of benzene rings is 1. The standard InChI is InChI=1S/C23H38ClOS/c1-2-26(23-17-15-21(24)16-18-23)20-11-9-7-5-3-4-6-8-10-13-22-14-12-19-25-22/h15-18,22H,2-14,19-20H2,1H3/q+1. The Balaban J connectivity index is 1.39. The zero-order chi connectivity index (χ0) is 18.5. The molecule has 0 radical (unpaired) electrons. The minimum atomic E-state index is 0.414. The van der Waals surface area contributed by atoms with Gasteiger partial charge in [0.25, 0.3) is 0 Å². The summed E-state index contributed by atoms with van der Waals surface area (Å²) < 4.78 is 5.69. The molecule has 1 aliphatic heterocycles. The SMILES string of the molecule is CC[S+](CCCCCCCCCCCC1CCCO1)c1ccc(Cl)cc1. The summed E-state index contributed by atoms with van der Waals surface area (Å²) in [6.07, 6.45) is 17.1. The Morgan fingerprint density at radius 1 is 0.923 bits per heavy atom. The van der Waals surface area contributed by atoms with Crippen LogP contribution in [0.2, 0.25) is 5.02 Å². The van der Waals surface area contributed by atoms with Crippen molar-refractivity contribution >= 4 is 22.5 Å². The van der Waals surface area contributed by atoms with Crippen LogP contribution in [-0.4, -0.2) is 24.2 Å². The minimum absolute atomic E-state index is 0.414. The fourth-order valence-electron chi connectivity index (χ4n) is 3.81. The maximum Gasteiger partial charge on any atom is 0.154 e. The van der Waals surface area contributed by atoms with Crippen LogP contribution in [0.1, 0.15) is 84.0 Å². The average molecular weight is 398 g/mol. The van der Waals surface area contributed by atoms with Crippen LogP contribution in [-0.2, 0) is 15.6 Å². The predicted octanol–water partition coefficient (Wildman–Crippen LogP) is 7.42. The fraction of sp³-hybridized carbons (Fsp3) is 0.739. The van der Waals surface area contributed by atoms with Gasteiger partial charge in [-0.05, 0) is 63.3 Å². The van der Waals surface area contributed by atoms with Crippen molar-refractivity contribution < 1.29 is 4.74 Å². The van der Waals surface area contributed by atoms with Crippen LogP contribution >= 0.6 is 11.6 Å². The molecule has 0 aromatic heterocycles. The number of hydrogen-bond acceptors (Lipinski definition) is 1. The summed E-state index contributed by atoms with van der Waals surface area (Å²) in [5, 5.41) is 0.847.